The molecule has 2 atom stereocenters. The molecule has 1 aromatic carbocycles. The lowest BCUT2D eigenvalue weighted by molar-refractivity contribution is -0.137. The molecule has 0 radical (unpaired) electrons. The number of nitrogens with zero attached hydrogens (tertiary/aromatic N) is 2. The van der Waals surface area contributed by atoms with Crippen molar-refractivity contribution in [3.63, 3.8) is 0 Å². The molecule has 0 unspecified atom stereocenters. The molecule has 3 rings (SSSR count). The van der Waals surface area contributed by atoms with Crippen LogP contribution in [0.4, 0.5) is 18.9 Å². The first kappa shape index (κ1) is 20.2. The van der Waals surface area contributed by atoms with Crippen molar-refractivity contribution < 1.29 is 26.4 Å². The predicted molar refractivity (Wildman–Crippen MR) is 99.7 cm³/mol. The summed E-state index contributed by atoms with van der Waals surface area (Å²) in [7, 11) is -3.34. The fourth-order valence-electron chi connectivity index (χ4n) is 3.26. The Morgan fingerprint density at radius 1 is 1.30 bits per heavy atom. The van der Waals surface area contributed by atoms with Gasteiger partial charge in [0.05, 0.1) is 28.8 Å². The van der Waals surface area contributed by atoms with E-state index < -0.39 is 38.8 Å². The van der Waals surface area contributed by atoms with E-state index in [0.717, 1.165) is 24.2 Å². The van der Waals surface area contributed by atoms with Gasteiger partial charge in [0.2, 0.25) is 5.91 Å². The Morgan fingerprint density at radius 2 is 2.00 bits per heavy atom. The number of anilines is 1. The van der Waals surface area contributed by atoms with Crippen molar-refractivity contribution in [2.24, 2.45) is 4.99 Å². The van der Waals surface area contributed by atoms with Crippen LogP contribution in [0.15, 0.2) is 29.3 Å². The maximum absolute atomic E-state index is 13.5. The first-order chi connectivity index (χ1) is 12.6. The molecule has 0 saturated carbocycles. The van der Waals surface area contributed by atoms with Crippen molar-refractivity contribution in [1.29, 1.82) is 0 Å². The molecule has 2 aliphatic rings. The predicted octanol–water partition coefficient (Wildman–Crippen LogP) is 3.50. The summed E-state index contributed by atoms with van der Waals surface area (Å²) < 4.78 is 64.5. The maximum Gasteiger partial charge on any atom is 0.418 e. The molecule has 0 bridgehead atoms. The first-order valence-electron chi connectivity index (χ1n) is 8.56. The molecule has 2 saturated heterocycles. The van der Waals surface area contributed by atoms with Gasteiger partial charge in [-0.1, -0.05) is 37.2 Å². The number of alkyl halides is 3. The van der Waals surface area contributed by atoms with Crippen LogP contribution in [0.1, 0.15) is 31.7 Å². The molecule has 148 valence electrons. The van der Waals surface area contributed by atoms with Crippen molar-refractivity contribution in [2.75, 3.05) is 16.4 Å². The molecule has 0 aliphatic carbocycles. The third-order valence-corrected chi connectivity index (χ3v) is 7.71. The van der Waals surface area contributed by atoms with Gasteiger partial charge < -0.3 is 4.90 Å². The molecular formula is C17H19F3N2O3S2. The minimum absolute atomic E-state index is 0.130. The molecule has 5 nitrogen and oxygen atoms in total. The number of rotatable bonds is 4. The molecule has 27 heavy (non-hydrogen) atoms. The lowest BCUT2D eigenvalue weighted by Crippen LogP contribution is -2.39. The minimum atomic E-state index is -4.60. The molecule has 2 heterocycles. The average molecular weight is 420 g/mol. The second-order valence-corrected chi connectivity index (χ2v) is 9.94. The molecule has 2 fully saturated rings. The molecule has 10 heteroatoms. The Kier molecular flexibility index (Phi) is 5.58. The summed E-state index contributed by atoms with van der Waals surface area (Å²) in [6.07, 6.45) is -2.95. The topological polar surface area (TPSA) is 66.8 Å². The number of amidine groups is 1. The van der Waals surface area contributed by atoms with Crippen molar-refractivity contribution >= 4 is 38.4 Å². The van der Waals surface area contributed by atoms with Crippen LogP contribution in [0.5, 0.6) is 0 Å². The zero-order valence-corrected chi connectivity index (χ0v) is 16.2. The van der Waals surface area contributed by atoms with E-state index in [1.165, 1.54) is 23.1 Å². The lowest BCUT2D eigenvalue weighted by Gasteiger charge is -2.27. The van der Waals surface area contributed by atoms with Crippen LogP contribution in [-0.2, 0) is 20.8 Å². The van der Waals surface area contributed by atoms with Gasteiger partial charge in [0.1, 0.15) is 0 Å². The van der Waals surface area contributed by atoms with Crippen molar-refractivity contribution in [3.8, 4) is 0 Å². The lowest BCUT2D eigenvalue weighted by atomic mass is 10.1. The van der Waals surface area contributed by atoms with Crippen LogP contribution in [0, 0.1) is 0 Å². The van der Waals surface area contributed by atoms with Gasteiger partial charge in [0.15, 0.2) is 15.0 Å². The van der Waals surface area contributed by atoms with Gasteiger partial charge >= 0.3 is 6.18 Å². The van der Waals surface area contributed by atoms with E-state index in [-0.39, 0.29) is 28.8 Å². The van der Waals surface area contributed by atoms with Gasteiger partial charge in [-0.05, 0) is 18.6 Å². The Morgan fingerprint density at radius 3 is 2.67 bits per heavy atom. The quantitative estimate of drug-likeness (QED) is 0.746. The minimum Gasteiger partial charge on any atom is -0.315 e. The van der Waals surface area contributed by atoms with Gasteiger partial charge in [-0.2, -0.15) is 18.2 Å². The second kappa shape index (κ2) is 7.46. The standard InChI is InChI=1S/C17H19F3N2O3S2/c1-2-3-8-15(23)21-16-22(13-9-27(24,25)10-14(13)26-16)12-7-5-4-6-11(12)17(18,19)20/h4-7,13-14H,2-3,8-10H2,1H3/t13-,14+/m0/s1. The number of amides is 1. The number of carbonyl (C=O) groups excluding carboxylic acids is 1. The number of benzene rings is 1. The van der Waals surface area contributed by atoms with Crippen LogP contribution in [0.2, 0.25) is 0 Å². The Balaban J connectivity index is 2.05. The summed E-state index contributed by atoms with van der Waals surface area (Å²) in [6.45, 7) is 1.92. The normalized spacial score (nSPS) is 25.8. The van der Waals surface area contributed by atoms with Gasteiger partial charge in [0.25, 0.3) is 0 Å². The van der Waals surface area contributed by atoms with E-state index in [4.69, 9.17) is 0 Å². The number of hydrogen-bond acceptors (Lipinski definition) is 4. The average Bonchev–Trinajstić information content (AvgIpc) is 3.02. The maximum atomic E-state index is 13.5. The zero-order chi connectivity index (χ0) is 19.8. The van der Waals surface area contributed by atoms with Crippen LogP contribution >= 0.6 is 11.8 Å². The molecular weight excluding hydrogens is 401 g/mol. The summed E-state index contributed by atoms with van der Waals surface area (Å²) >= 11 is 1.08. The van der Waals surface area contributed by atoms with E-state index in [2.05, 4.69) is 4.99 Å². The fourth-order valence-corrected chi connectivity index (χ4v) is 7.18. The smallest absolute Gasteiger partial charge is 0.315 e. The van der Waals surface area contributed by atoms with Crippen LogP contribution in [-0.4, -0.2) is 42.3 Å². The summed E-state index contributed by atoms with van der Waals surface area (Å²) in [4.78, 5) is 17.4. The molecule has 2 aliphatic heterocycles. The molecule has 0 spiro atoms. The SMILES string of the molecule is CCCCC(=O)N=C1S[C@@H]2CS(=O)(=O)C[C@@H]2N1c1ccccc1C(F)(F)F. The Labute approximate surface area is 159 Å². The largest absolute Gasteiger partial charge is 0.418 e. The number of carbonyl (C=O) groups is 1. The van der Waals surface area contributed by atoms with Gasteiger partial charge in [-0.3, -0.25) is 4.79 Å². The summed E-state index contributed by atoms with van der Waals surface area (Å²) in [5.41, 5.74) is -1.03. The van der Waals surface area contributed by atoms with Gasteiger partial charge in [0, 0.05) is 11.7 Å². The van der Waals surface area contributed by atoms with E-state index in [1.807, 2.05) is 6.92 Å². The van der Waals surface area contributed by atoms with Crippen molar-refractivity contribution in [3.05, 3.63) is 29.8 Å². The number of unbranched alkanes of at least 4 members (excludes halogenated alkanes) is 1. The highest BCUT2D eigenvalue weighted by molar-refractivity contribution is 8.16. The summed E-state index contributed by atoms with van der Waals surface area (Å²) in [6, 6.07) is 4.32. The number of aliphatic imine (C=N–C) groups is 1. The molecule has 0 N–H and O–H groups in total. The van der Waals surface area contributed by atoms with Crippen LogP contribution in [0.25, 0.3) is 0 Å². The fraction of sp³-hybridized carbons (Fsp3) is 0.529. The molecule has 0 aromatic heterocycles. The number of thioether (sulfide) groups is 1. The Bertz CT molecular complexity index is 868. The number of para-hydroxylation sites is 1. The summed E-state index contributed by atoms with van der Waals surface area (Å²) in [5.74, 6) is -0.787. The van der Waals surface area contributed by atoms with E-state index in [9.17, 15) is 26.4 Å². The van der Waals surface area contributed by atoms with E-state index in [1.54, 1.807) is 0 Å². The first-order valence-corrected chi connectivity index (χ1v) is 11.3. The highest BCUT2D eigenvalue weighted by Gasteiger charge is 2.51. The van der Waals surface area contributed by atoms with Gasteiger partial charge in [-0.15, -0.1) is 0 Å². The Hall–Kier alpha value is -1.55. The summed E-state index contributed by atoms with van der Waals surface area (Å²) in [5, 5.41) is -0.285. The second-order valence-electron chi connectivity index (χ2n) is 6.58. The molecule has 1 amide bonds. The number of sulfone groups is 1. The number of fused-ring (bicyclic) bond motifs is 1. The zero-order valence-electron chi connectivity index (χ0n) is 14.6. The van der Waals surface area contributed by atoms with Crippen LogP contribution < -0.4 is 4.90 Å². The number of halogens is 3. The van der Waals surface area contributed by atoms with Crippen molar-refractivity contribution in [2.45, 2.75) is 43.7 Å². The van der Waals surface area contributed by atoms with Gasteiger partial charge in [-0.25, -0.2) is 8.42 Å². The highest BCUT2D eigenvalue weighted by atomic mass is 32.2. The van der Waals surface area contributed by atoms with E-state index in [0.29, 0.717) is 6.42 Å². The molecule has 1 aromatic rings. The number of hydrogen-bond donors (Lipinski definition) is 0. The van der Waals surface area contributed by atoms with Crippen molar-refractivity contribution in [1.82, 2.24) is 0 Å². The third-order valence-electron chi connectivity index (χ3n) is 4.50. The third kappa shape index (κ3) is 4.31. The monoisotopic (exact) mass is 420 g/mol. The van der Waals surface area contributed by atoms with Crippen LogP contribution in [0.3, 0.4) is 0 Å². The van der Waals surface area contributed by atoms with E-state index >= 15 is 0 Å². The highest BCUT2D eigenvalue weighted by Crippen LogP contribution is 2.45.